The first kappa shape index (κ1) is 15.3. The first-order valence-corrected chi connectivity index (χ1v) is 7.06. The van der Waals surface area contributed by atoms with Crippen molar-refractivity contribution in [2.75, 3.05) is 19.6 Å². The topological polar surface area (TPSA) is 29.3 Å². The lowest BCUT2D eigenvalue weighted by Crippen LogP contribution is -2.38. The number of nitrogens with two attached hydrogens (primary N) is 1. The van der Waals surface area contributed by atoms with Crippen molar-refractivity contribution in [1.82, 2.24) is 4.90 Å². The van der Waals surface area contributed by atoms with Crippen LogP contribution in [0.3, 0.4) is 0 Å². The van der Waals surface area contributed by atoms with Gasteiger partial charge in [0, 0.05) is 6.54 Å². The maximum absolute atomic E-state index is 12.6. The quantitative estimate of drug-likeness (QED) is 0.922. The summed E-state index contributed by atoms with van der Waals surface area (Å²) in [5.41, 5.74) is 7.85. The Hall–Kier alpha value is -1.07. The lowest BCUT2D eigenvalue weighted by Gasteiger charge is -2.32. The molecular formula is C15H21F3N2. The highest BCUT2D eigenvalue weighted by atomic mass is 19.4. The molecule has 112 valence electrons. The van der Waals surface area contributed by atoms with E-state index in [1.54, 1.807) is 0 Å². The van der Waals surface area contributed by atoms with Gasteiger partial charge in [0.1, 0.15) is 0 Å². The van der Waals surface area contributed by atoms with E-state index in [4.69, 9.17) is 5.73 Å². The van der Waals surface area contributed by atoms with Crippen molar-refractivity contribution in [3.8, 4) is 0 Å². The predicted octanol–water partition coefficient (Wildman–Crippen LogP) is 2.96. The van der Waals surface area contributed by atoms with Gasteiger partial charge in [-0.2, -0.15) is 13.2 Å². The highest BCUT2D eigenvalue weighted by molar-refractivity contribution is 5.22. The lowest BCUT2D eigenvalue weighted by atomic mass is 9.96. The zero-order chi connectivity index (χ0) is 14.6. The number of piperidine rings is 1. The van der Waals surface area contributed by atoms with Crippen LogP contribution in [0.15, 0.2) is 24.3 Å². The molecular weight excluding hydrogens is 265 g/mol. The fraction of sp³-hybridized carbons (Fsp3) is 0.600. The molecule has 0 atom stereocenters. The Labute approximate surface area is 117 Å². The summed E-state index contributed by atoms with van der Waals surface area (Å²) in [5.74, 6) is -1.12. The molecule has 0 amide bonds. The van der Waals surface area contributed by atoms with Crippen LogP contribution in [0.5, 0.6) is 0 Å². The van der Waals surface area contributed by atoms with Crippen molar-refractivity contribution >= 4 is 0 Å². The molecule has 1 saturated heterocycles. The number of halogens is 3. The SMILES string of the molecule is NCCc1ccc(CN2CCC(C(F)(F)F)CC2)cc1. The molecule has 1 heterocycles. The second-order valence-corrected chi connectivity index (χ2v) is 5.45. The molecule has 1 aliphatic heterocycles. The predicted molar refractivity (Wildman–Crippen MR) is 73.3 cm³/mol. The van der Waals surface area contributed by atoms with Crippen LogP contribution in [0.4, 0.5) is 13.2 Å². The summed E-state index contributed by atoms with van der Waals surface area (Å²) < 4.78 is 37.8. The number of likely N-dealkylation sites (tertiary alicyclic amines) is 1. The molecule has 1 fully saturated rings. The summed E-state index contributed by atoms with van der Waals surface area (Å²) in [6.45, 7) is 2.40. The summed E-state index contributed by atoms with van der Waals surface area (Å²) in [5, 5.41) is 0. The molecule has 0 spiro atoms. The molecule has 5 heteroatoms. The van der Waals surface area contributed by atoms with E-state index < -0.39 is 12.1 Å². The molecule has 0 radical (unpaired) electrons. The largest absolute Gasteiger partial charge is 0.391 e. The first-order valence-electron chi connectivity index (χ1n) is 7.06. The molecule has 1 aliphatic rings. The van der Waals surface area contributed by atoms with Crippen LogP contribution >= 0.6 is 0 Å². The maximum atomic E-state index is 12.6. The van der Waals surface area contributed by atoms with E-state index >= 15 is 0 Å². The normalized spacial score (nSPS) is 18.4. The van der Waals surface area contributed by atoms with Gasteiger partial charge in [0.2, 0.25) is 0 Å². The van der Waals surface area contributed by atoms with Crippen molar-refractivity contribution in [3.05, 3.63) is 35.4 Å². The Balaban J connectivity index is 1.83. The minimum Gasteiger partial charge on any atom is -0.330 e. The number of hydrogen-bond acceptors (Lipinski definition) is 2. The zero-order valence-electron chi connectivity index (χ0n) is 11.5. The van der Waals surface area contributed by atoms with Crippen molar-refractivity contribution in [2.24, 2.45) is 11.7 Å². The van der Waals surface area contributed by atoms with E-state index in [1.165, 1.54) is 5.56 Å². The van der Waals surface area contributed by atoms with Gasteiger partial charge in [0.15, 0.2) is 0 Å². The number of nitrogens with zero attached hydrogens (tertiary/aromatic N) is 1. The van der Waals surface area contributed by atoms with Gasteiger partial charge < -0.3 is 5.73 Å². The Bertz CT molecular complexity index is 406. The van der Waals surface area contributed by atoms with Crippen LogP contribution in [0.1, 0.15) is 24.0 Å². The molecule has 0 bridgehead atoms. The number of hydrogen-bond donors (Lipinski definition) is 1. The molecule has 20 heavy (non-hydrogen) atoms. The van der Waals surface area contributed by atoms with Gasteiger partial charge in [-0.3, -0.25) is 4.90 Å². The van der Waals surface area contributed by atoms with E-state index in [9.17, 15) is 13.2 Å². The molecule has 2 rings (SSSR count). The highest BCUT2D eigenvalue weighted by Crippen LogP contribution is 2.34. The zero-order valence-corrected chi connectivity index (χ0v) is 11.5. The van der Waals surface area contributed by atoms with Gasteiger partial charge in [-0.25, -0.2) is 0 Å². The number of benzene rings is 1. The van der Waals surface area contributed by atoms with E-state index in [-0.39, 0.29) is 12.8 Å². The van der Waals surface area contributed by atoms with Crippen LogP contribution in [-0.4, -0.2) is 30.7 Å². The molecule has 0 unspecified atom stereocenters. The average Bonchev–Trinajstić information content (AvgIpc) is 2.41. The van der Waals surface area contributed by atoms with Crippen LogP contribution in [-0.2, 0) is 13.0 Å². The second kappa shape index (κ2) is 6.59. The van der Waals surface area contributed by atoms with E-state index in [0.717, 1.165) is 18.5 Å². The van der Waals surface area contributed by atoms with Crippen molar-refractivity contribution < 1.29 is 13.2 Å². The fourth-order valence-corrected chi connectivity index (χ4v) is 2.65. The average molecular weight is 286 g/mol. The minimum absolute atomic E-state index is 0.217. The standard InChI is InChI=1S/C15H21F3N2/c16-15(17,18)14-6-9-20(10-7-14)11-13-3-1-12(2-4-13)5-8-19/h1-4,14H,5-11,19H2. The van der Waals surface area contributed by atoms with Crippen LogP contribution in [0, 0.1) is 5.92 Å². The highest BCUT2D eigenvalue weighted by Gasteiger charge is 2.40. The second-order valence-electron chi connectivity index (χ2n) is 5.45. The Morgan fingerprint density at radius 3 is 2.10 bits per heavy atom. The molecule has 2 nitrogen and oxygen atoms in total. The third-order valence-electron chi connectivity index (χ3n) is 3.91. The summed E-state index contributed by atoms with van der Waals surface area (Å²) in [4.78, 5) is 2.10. The van der Waals surface area contributed by atoms with Gasteiger partial charge >= 0.3 is 6.18 Å². The minimum atomic E-state index is -4.03. The smallest absolute Gasteiger partial charge is 0.330 e. The number of alkyl halides is 3. The van der Waals surface area contributed by atoms with Crippen LogP contribution < -0.4 is 5.73 Å². The van der Waals surface area contributed by atoms with E-state index in [2.05, 4.69) is 4.90 Å². The summed E-state index contributed by atoms with van der Waals surface area (Å²) >= 11 is 0. The Morgan fingerprint density at radius 2 is 1.60 bits per heavy atom. The van der Waals surface area contributed by atoms with Crippen molar-refractivity contribution in [3.63, 3.8) is 0 Å². The van der Waals surface area contributed by atoms with Crippen molar-refractivity contribution in [2.45, 2.75) is 32.0 Å². The molecule has 0 saturated carbocycles. The van der Waals surface area contributed by atoms with Gasteiger partial charge in [-0.05, 0) is 50.0 Å². The maximum Gasteiger partial charge on any atom is 0.391 e. The van der Waals surface area contributed by atoms with Crippen LogP contribution in [0.2, 0.25) is 0 Å². The van der Waals surface area contributed by atoms with E-state index in [1.807, 2.05) is 24.3 Å². The van der Waals surface area contributed by atoms with E-state index in [0.29, 0.717) is 19.6 Å². The Kier molecular flexibility index (Phi) is 5.05. The number of rotatable bonds is 4. The summed E-state index contributed by atoms with van der Waals surface area (Å²) in [7, 11) is 0. The molecule has 1 aromatic carbocycles. The van der Waals surface area contributed by atoms with Gasteiger partial charge in [0.05, 0.1) is 5.92 Å². The lowest BCUT2D eigenvalue weighted by molar-refractivity contribution is -0.185. The van der Waals surface area contributed by atoms with Gasteiger partial charge in [-0.15, -0.1) is 0 Å². The molecule has 1 aromatic rings. The third-order valence-corrected chi connectivity index (χ3v) is 3.91. The van der Waals surface area contributed by atoms with Gasteiger partial charge in [0.25, 0.3) is 0 Å². The van der Waals surface area contributed by atoms with Gasteiger partial charge in [-0.1, -0.05) is 24.3 Å². The monoisotopic (exact) mass is 286 g/mol. The summed E-state index contributed by atoms with van der Waals surface area (Å²) in [6.07, 6.45) is -2.74. The first-order chi connectivity index (χ1) is 9.49. The van der Waals surface area contributed by atoms with Crippen molar-refractivity contribution in [1.29, 1.82) is 0 Å². The Morgan fingerprint density at radius 1 is 1.05 bits per heavy atom. The fourth-order valence-electron chi connectivity index (χ4n) is 2.65. The molecule has 2 N–H and O–H groups in total. The summed E-state index contributed by atoms with van der Waals surface area (Å²) in [6, 6.07) is 8.18. The molecule has 0 aliphatic carbocycles. The third kappa shape index (κ3) is 4.21. The molecule has 0 aromatic heterocycles. The van der Waals surface area contributed by atoms with Crippen LogP contribution in [0.25, 0.3) is 0 Å².